The lowest BCUT2D eigenvalue weighted by Gasteiger charge is -2.20. The summed E-state index contributed by atoms with van der Waals surface area (Å²) in [5.74, 6) is 0.215. The predicted octanol–water partition coefficient (Wildman–Crippen LogP) is 4.18. The van der Waals surface area contributed by atoms with Crippen molar-refractivity contribution < 1.29 is 18.7 Å². The minimum absolute atomic E-state index is 0.157. The molecule has 0 bridgehead atoms. The number of carbonyl (C=O) groups excluding carboxylic acids is 2. The van der Waals surface area contributed by atoms with E-state index in [1.165, 1.54) is 0 Å². The van der Waals surface area contributed by atoms with E-state index in [1.807, 2.05) is 30.3 Å². The Morgan fingerprint density at radius 3 is 2.48 bits per heavy atom. The van der Waals surface area contributed by atoms with Gasteiger partial charge in [-0.2, -0.15) is 0 Å². The lowest BCUT2D eigenvalue weighted by atomic mass is 10.1. The smallest absolute Gasteiger partial charge is 0.339 e. The molecule has 0 spiro atoms. The fourth-order valence-electron chi connectivity index (χ4n) is 3.45. The van der Waals surface area contributed by atoms with Crippen molar-refractivity contribution in [1.29, 1.82) is 0 Å². The van der Waals surface area contributed by atoms with E-state index in [0.29, 0.717) is 22.8 Å². The van der Waals surface area contributed by atoms with Crippen molar-refractivity contribution in [3.8, 4) is 22.8 Å². The summed E-state index contributed by atoms with van der Waals surface area (Å²) in [6, 6.07) is 16.6. The SMILES string of the molecule is C[C@@H](OC(=O)c1ccccc1-c1ncc(-c2ccccc2)o1)C(=O)N1CCCC1. The van der Waals surface area contributed by atoms with Crippen LogP contribution in [-0.4, -0.2) is 41.0 Å². The van der Waals surface area contributed by atoms with E-state index in [2.05, 4.69) is 4.98 Å². The highest BCUT2D eigenvalue weighted by molar-refractivity contribution is 5.97. The van der Waals surface area contributed by atoms with Crippen molar-refractivity contribution in [3.63, 3.8) is 0 Å². The number of amides is 1. The summed E-state index contributed by atoms with van der Waals surface area (Å²) in [6.45, 7) is 3.05. The maximum absolute atomic E-state index is 12.8. The second-order valence-corrected chi connectivity index (χ2v) is 7.02. The topological polar surface area (TPSA) is 72.6 Å². The maximum atomic E-state index is 12.8. The summed E-state index contributed by atoms with van der Waals surface area (Å²) in [5.41, 5.74) is 1.74. The molecule has 0 radical (unpaired) electrons. The van der Waals surface area contributed by atoms with Gasteiger partial charge in [0.25, 0.3) is 5.91 Å². The molecule has 0 unspecified atom stereocenters. The summed E-state index contributed by atoms with van der Waals surface area (Å²) in [5, 5.41) is 0. The number of hydrogen-bond donors (Lipinski definition) is 0. The van der Waals surface area contributed by atoms with Crippen LogP contribution >= 0.6 is 0 Å². The van der Waals surface area contributed by atoms with Gasteiger partial charge in [0.05, 0.1) is 17.3 Å². The lowest BCUT2D eigenvalue weighted by molar-refractivity contribution is -0.138. The molecule has 1 amide bonds. The van der Waals surface area contributed by atoms with E-state index in [0.717, 1.165) is 31.5 Å². The standard InChI is InChI=1S/C23H22N2O4/c1-16(22(26)25-13-7-8-14-25)28-23(27)19-12-6-5-11-18(19)21-24-15-20(29-21)17-9-3-2-4-10-17/h2-6,9-12,15-16H,7-8,13-14H2,1H3/t16-/m1/s1. The summed E-state index contributed by atoms with van der Waals surface area (Å²) in [7, 11) is 0. The van der Waals surface area contributed by atoms with E-state index >= 15 is 0 Å². The molecule has 1 fully saturated rings. The summed E-state index contributed by atoms with van der Waals surface area (Å²) in [6.07, 6.45) is 2.77. The second-order valence-electron chi connectivity index (χ2n) is 7.02. The van der Waals surface area contributed by atoms with Crippen LogP contribution in [0.3, 0.4) is 0 Å². The third-order valence-electron chi connectivity index (χ3n) is 4.99. The molecule has 6 heteroatoms. The van der Waals surface area contributed by atoms with Gasteiger partial charge in [-0.05, 0) is 31.9 Å². The predicted molar refractivity (Wildman–Crippen MR) is 108 cm³/mol. The molecule has 1 aliphatic rings. The minimum Gasteiger partial charge on any atom is -0.449 e. The van der Waals surface area contributed by atoms with Crippen molar-refractivity contribution in [2.45, 2.75) is 25.9 Å². The van der Waals surface area contributed by atoms with Gasteiger partial charge < -0.3 is 14.1 Å². The Balaban J connectivity index is 1.54. The number of benzene rings is 2. The molecule has 0 aliphatic carbocycles. The molecule has 4 rings (SSSR count). The van der Waals surface area contributed by atoms with Crippen molar-refractivity contribution in [1.82, 2.24) is 9.88 Å². The van der Waals surface area contributed by atoms with E-state index in [1.54, 1.807) is 42.3 Å². The first-order valence-electron chi connectivity index (χ1n) is 9.74. The number of carbonyl (C=O) groups is 2. The largest absolute Gasteiger partial charge is 0.449 e. The van der Waals surface area contributed by atoms with Crippen LogP contribution in [0.5, 0.6) is 0 Å². The molecule has 1 saturated heterocycles. The van der Waals surface area contributed by atoms with Crippen molar-refractivity contribution in [3.05, 3.63) is 66.4 Å². The fourth-order valence-corrected chi connectivity index (χ4v) is 3.45. The zero-order valence-electron chi connectivity index (χ0n) is 16.2. The Hall–Kier alpha value is -3.41. The van der Waals surface area contributed by atoms with Crippen LogP contribution in [0.4, 0.5) is 0 Å². The molecular weight excluding hydrogens is 368 g/mol. The minimum atomic E-state index is -0.835. The average molecular weight is 390 g/mol. The number of ether oxygens (including phenoxy) is 1. The van der Waals surface area contributed by atoms with Gasteiger partial charge in [0.1, 0.15) is 0 Å². The fraction of sp³-hybridized carbons (Fsp3) is 0.261. The molecule has 1 aliphatic heterocycles. The van der Waals surface area contributed by atoms with E-state index in [9.17, 15) is 9.59 Å². The van der Waals surface area contributed by atoms with Gasteiger partial charge >= 0.3 is 5.97 Å². The number of hydrogen-bond acceptors (Lipinski definition) is 5. The molecule has 2 aromatic carbocycles. The molecule has 3 aromatic rings. The molecule has 148 valence electrons. The van der Waals surface area contributed by atoms with Crippen LogP contribution in [0.15, 0.2) is 65.2 Å². The Labute approximate surface area is 169 Å². The van der Waals surface area contributed by atoms with Gasteiger partial charge in [0, 0.05) is 18.7 Å². The molecule has 29 heavy (non-hydrogen) atoms. The molecule has 1 aromatic heterocycles. The quantitative estimate of drug-likeness (QED) is 0.611. The summed E-state index contributed by atoms with van der Waals surface area (Å²) in [4.78, 5) is 31.3. The Kier molecular flexibility index (Phi) is 5.42. The van der Waals surface area contributed by atoms with Crippen LogP contribution in [0.25, 0.3) is 22.8 Å². The van der Waals surface area contributed by atoms with Gasteiger partial charge in [-0.15, -0.1) is 0 Å². The maximum Gasteiger partial charge on any atom is 0.339 e. The van der Waals surface area contributed by atoms with Gasteiger partial charge in [-0.1, -0.05) is 42.5 Å². The summed E-state index contributed by atoms with van der Waals surface area (Å²) >= 11 is 0. The average Bonchev–Trinajstić information content (AvgIpc) is 3.46. The monoisotopic (exact) mass is 390 g/mol. The van der Waals surface area contributed by atoms with Crippen molar-refractivity contribution in [2.24, 2.45) is 0 Å². The Morgan fingerprint density at radius 2 is 1.72 bits per heavy atom. The third kappa shape index (κ3) is 4.06. The first-order chi connectivity index (χ1) is 14.1. The van der Waals surface area contributed by atoms with Crippen LogP contribution < -0.4 is 0 Å². The van der Waals surface area contributed by atoms with Crippen molar-refractivity contribution >= 4 is 11.9 Å². The molecular formula is C23H22N2O4. The van der Waals surface area contributed by atoms with Gasteiger partial charge in [0.2, 0.25) is 5.89 Å². The number of likely N-dealkylation sites (tertiary alicyclic amines) is 1. The highest BCUT2D eigenvalue weighted by Crippen LogP contribution is 2.28. The van der Waals surface area contributed by atoms with Crippen LogP contribution in [0.1, 0.15) is 30.1 Å². The zero-order chi connectivity index (χ0) is 20.2. The molecule has 0 N–H and O–H groups in total. The number of oxazole rings is 1. The van der Waals surface area contributed by atoms with E-state index in [-0.39, 0.29) is 5.91 Å². The van der Waals surface area contributed by atoms with Crippen LogP contribution in [0, 0.1) is 0 Å². The normalized spacial score (nSPS) is 14.6. The molecule has 6 nitrogen and oxygen atoms in total. The second kappa shape index (κ2) is 8.31. The number of esters is 1. The number of nitrogens with zero attached hydrogens (tertiary/aromatic N) is 2. The molecule has 0 saturated carbocycles. The summed E-state index contributed by atoms with van der Waals surface area (Å²) < 4.78 is 11.4. The van der Waals surface area contributed by atoms with Crippen molar-refractivity contribution in [2.75, 3.05) is 13.1 Å². The third-order valence-corrected chi connectivity index (χ3v) is 4.99. The highest BCUT2D eigenvalue weighted by atomic mass is 16.5. The van der Waals surface area contributed by atoms with Gasteiger partial charge in [-0.25, -0.2) is 9.78 Å². The first-order valence-corrected chi connectivity index (χ1v) is 9.74. The van der Waals surface area contributed by atoms with Gasteiger partial charge in [-0.3, -0.25) is 4.79 Å². The van der Waals surface area contributed by atoms with Gasteiger partial charge in [0.15, 0.2) is 11.9 Å². The number of rotatable bonds is 5. The lowest BCUT2D eigenvalue weighted by Crippen LogP contribution is -2.38. The number of aromatic nitrogens is 1. The molecule has 2 heterocycles. The Bertz CT molecular complexity index is 1010. The zero-order valence-corrected chi connectivity index (χ0v) is 16.2. The highest BCUT2D eigenvalue weighted by Gasteiger charge is 2.27. The van der Waals surface area contributed by atoms with Crippen LogP contribution in [0.2, 0.25) is 0 Å². The Morgan fingerprint density at radius 1 is 1.03 bits per heavy atom. The molecule has 1 atom stereocenters. The van der Waals surface area contributed by atoms with E-state index in [4.69, 9.17) is 9.15 Å². The van der Waals surface area contributed by atoms with Crippen LogP contribution in [-0.2, 0) is 9.53 Å². The first kappa shape index (κ1) is 18.9. The van der Waals surface area contributed by atoms with E-state index < -0.39 is 12.1 Å².